The molecule has 0 bridgehead atoms. The molecule has 2 aromatic rings. The third-order valence-corrected chi connectivity index (χ3v) is 8.12. The van der Waals surface area contributed by atoms with Gasteiger partial charge in [0.1, 0.15) is 12.6 Å². The second-order valence-corrected chi connectivity index (χ2v) is 11.8. The van der Waals surface area contributed by atoms with E-state index in [1.807, 2.05) is 13.8 Å². The molecule has 2 amide bonds. The number of halogens is 2. The molecule has 0 unspecified atom stereocenters. The van der Waals surface area contributed by atoms with Crippen LogP contribution in [-0.2, 0) is 26.2 Å². The lowest BCUT2D eigenvalue weighted by Crippen LogP contribution is -2.53. The first kappa shape index (κ1) is 28.9. The summed E-state index contributed by atoms with van der Waals surface area (Å²) in [5, 5.41) is 3.61. The van der Waals surface area contributed by atoms with Crippen molar-refractivity contribution in [1.82, 2.24) is 10.2 Å². The monoisotopic (exact) mass is 571 g/mol. The number of carbonyl (C=O) groups excluding carboxylic acids is 2. The molecule has 3 rings (SSSR count). The van der Waals surface area contributed by atoms with Crippen molar-refractivity contribution in [3.05, 3.63) is 52.0 Å². The Morgan fingerprint density at radius 3 is 2.38 bits per heavy atom. The molecule has 0 radical (unpaired) electrons. The highest BCUT2D eigenvalue weighted by atomic mass is 35.5. The van der Waals surface area contributed by atoms with Crippen LogP contribution < -0.4 is 19.1 Å². The van der Waals surface area contributed by atoms with Crippen LogP contribution in [0.15, 0.2) is 36.4 Å². The van der Waals surface area contributed by atoms with E-state index in [0.29, 0.717) is 33.5 Å². The smallest absolute Gasteiger partial charge is 0.244 e. The molecule has 1 aliphatic heterocycles. The van der Waals surface area contributed by atoms with E-state index >= 15 is 0 Å². The molecule has 1 heterocycles. The molecule has 0 spiro atoms. The minimum Gasteiger partial charge on any atom is -0.454 e. The van der Waals surface area contributed by atoms with E-state index in [1.165, 1.54) is 17.9 Å². The highest BCUT2D eigenvalue weighted by molar-refractivity contribution is 7.92. The van der Waals surface area contributed by atoms with Gasteiger partial charge in [-0.15, -0.1) is 0 Å². The predicted molar refractivity (Wildman–Crippen MR) is 144 cm³/mol. The van der Waals surface area contributed by atoms with Crippen molar-refractivity contribution in [2.45, 2.75) is 52.7 Å². The summed E-state index contributed by atoms with van der Waals surface area (Å²) in [6.45, 7) is 6.41. The molecule has 1 N–H and O–H groups in total. The van der Waals surface area contributed by atoms with Crippen LogP contribution in [0.1, 0.15) is 39.7 Å². The topological polar surface area (TPSA) is 105 Å². The van der Waals surface area contributed by atoms with Gasteiger partial charge in [-0.25, -0.2) is 8.42 Å². The standard InChI is InChI=1S/C25H31Cl2N3O6S/c1-5-21(25(32)28-16(3)4)29(13-17-7-8-18(26)11-20(17)27)24(31)14-30(37(33,34)6-2)19-9-10-22-23(12-19)36-15-35-22/h7-12,16,21H,5-6,13-15H2,1-4H3,(H,28,32)/t21-/m0/s1. The Bertz CT molecular complexity index is 1250. The number of sulfonamides is 1. The Balaban J connectivity index is 2.00. The second-order valence-electron chi connectivity index (χ2n) is 8.79. The number of rotatable bonds is 11. The minimum atomic E-state index is -3.87. The Kier molecular flexibility index (Phi) is 9.55. The molecular weight excluding hydrogens is 541 g/mol. The van der Waals surface area contributed by atoms with Crippen LogP contribution in [0.2, 0.25) is 10.0 Å². The number of fused-ring (bicyclic) bond motifs is 1. The van der Waals surface area contributed by atoms with E-state index in [1.54, 1.807) is 37.3 Å². The van der Waals surface area contributed by atoms with Crippen LogP contribution in [-0.4, -0.2) is 56.3 Å². The number of anilines is 1. The lowest BCUT2D eigenvalue weighted by molar-refractivity contribution is -0.140. The van der Waals surface area contributed by atoms with Crippen LogP contribution in [0.3, 0.4) is 0 Å². The number of benzene rings is 2. The third-order valence-electron chi connectivity index (χ3n) is 5.80. The van der Waals surface area contributed by atoms with E-state index in [0.717, 1.165) is 4.31 Å². The highest BCUT2D eigenvalue weighted by Crippen LogP contribution is 2.36. The molecule has 0 fully saturated rings. The Morgan fingerprint density at radius 2 is 1.76 bits per heavy atom. The van der Waals surface area contributed by atoms with E-state index < -0.39 is 28.5 Å². The van der Waals surface area contributed by atoms with E-state index in [-0.39, 0.29) is 36.7 Å². The van der Waals surface area contributed by atoms with Crippen molar-refractivity contribution in [1.29, 1.82) is 0 Å². The predicted octanol–water partition coefficient (Wildman–Crippen LogP) is 4.21. The van der Waals surface area contributed by atoms with E-state index in [9.17, 15) is 18.0 Å². The summed E-state index contributed by atoms with van der Waals surface area (Å²) in [7, 11) is -3.87. The normalized spacial score (nSPS) is 13.4. The van der Waals surface area contributed by atoms with Crippen LogP contribution in [0.4, 0.5) is 5.69 Å². The number of carbonyl (C=O) groups is 2. The fraction of sp³-hybridized carbons (Fsp3) is 0.440. The number of ether oxygens (including phenoxy) is 2. The number of hydrogen-bond acceptors (Lipinski definition) is 6. The van der Waals surface area contributed by atoms with E-state index in [2.05, 4.69) is 5.32 Å². The largest absolute Gasteiger partial charge is 0.454 e. The molecule has 0 saturated carbocycles. The zero-order valence-corrected chi connectivity index (χ0v) is 23.5. The van der Waals surface area contributed by atoms with Gasteiger partial charge in [0.25, 0.3) is 0 Å². The molecule has 12 heteroatoms. The van der Waals surface area contributed by atoms with Gasteiger partial charge in [-0.05, 0) is 57.0 Å². The summed E-state index contributed by atoms with van der Waals surface area (Å²) in [6.07, 6.45) is 0.306. The van der Waals surface area contributed by atoms with Crippen molar-refractivity contribution in [3.8, 4) is 11.5 Å². The zero-order valence-electron chi connectivity index (χ0n) is 21.2. The van der Waals surface area contributed by atoms with Gasteiger partial charge in [-0.2, -0.15) is 0 Å². The van der Waals surface area contributed by atoms with Crippen LogP contribution in [0.25, 0.3) is 0 Å². The van der Waals surface area contributed by atoms with Gasteiger partial charge in [-0.1, -0.05) is 36.2 Å². The van der Waals surface area contributed by atoms with Gasteiger partial charge in [0.2, 0.25) is 28.6 Å². The van der Waals surface area contributed by atoms with Gasteiger partial charge in [-0.3, -0.25) is 13.9 Å². The first-order valence-electron chi connectivity index (χ1n) is 11.9. The maximum atomic E-state index is 13.8. The number of nitrogens with one attached hydrogen (secondary N) is 1. The molecule has 0 aromatic heterocycles. The number of hydrogen-bond donors (Lipinski definition) is 1. The fourth-order valence-corrected chi connectivity index (χ4v) is 5.42. The summed E-state index contributed by atoms with van der Waals surface area (Å²) in [5.41, 5.74) is 0.826. The lowest BCUT2D eigenvalue weighted by Gasteiger charge is -2.33. The molecule has 1 atom stereocenters. The summed E-state index contributed by atoms with van der Waals surface area (Å²) in [4.78, 5) is 28.2. The molecule has 0 aliphatic carbocycles. The van der Waals surface area contributed by atoms with Crippen molar-refractivity contribution >= 4 is 50.7 Å². The van der Waals surface area contributed by atoms with Gasteiger partial charge in [0.05, 0.1) is 11.4 Å². The van der Waals surface area contributed by atoms with E-state index in [4.69, 9.17) is 32.7 Å². The molecule has 37 heavy (non-hydrogen) atoms. The van der Waals surface area contributed by atoms with Crippen molar-refractivity contribution in [2.75, 3.05) is 23.4 Å². The minimum absolute atomic E-state index is 0.0139. The molecular formula is C25H31Cl2N3O6S. The number of amides is 2. The SMILES string of the molecule is CC[C@@H](C(=O)NC(C)C)N(Cc1ccc(Cl)cc1Cl)C(=O)CN(c1ccc2c(c1)OCO2)S(=O)(=O)CC. The van der Waals surface area contributed by atoms with Crippen LogP contribution >= 0.6 is 23.2 Å². The molecule has 1 aliphatic rings. The Morgan fingerprint density at radius 1 is 1.05 bits per heavy atom. The fourth-order valence-electron chi connectivity index (χ4n) is 3.89. The zero-order chi connectivity index (χ0) is 27.3. The van der Waals surface area contributed by atoms with Crippen molar-refractivity contribution < 1.29 is 27.5 Å². The molecule has 0 saturated heterocycles. The maximum absolute atomic E-state index is 13.8. The molecule has 2 aromatic carbocycles. The first-order chi connectivity index (χ1) is 17.5. The average molecular weight is 573 g/mol. The van der Waals surface area contributed by atoms with Gasteiger partial charge < -0.3 is 19.7 Å². The average Bonchev–Trinajstić information content (AvgIpc) is 3.31. The maximum Gasteiger partial charge on any atom is 0.244 e. The van der Waals surface area contributed by atoms with Gasteiger partial charge >= 0.3 is 0 Å². The van der Waals surface area contributed by atoms with Crippen LogP contribution in [0, 0.1) is 0 Å². The first-order valence-corrected chi connectivity index (χ1v) is 14.3. The molecule has 202 valence electrons. The Labute approximate surface area is 227 Å². The summed E-state index contributed by atoms with van der Waals surface area (Å²) < 4.78 is 37.9. The second kappa shape index (κ2) is 12.2. The Hall–Kier alpha value is -2.69. The lowest BCUT2D eigenvalue weighted by atomic mass is 10.1. The van der Waals surface area contributed by atoms with Crippen molar-refractivity contribution in [2.24, 2.45) is 0 Å². The summed E-state index contributed by atoms with van der Waals surface area (Å²) in [6, 6.07) is 8.53. The van der Waals surface area contributed by atoms with Crippen molar-refractivity contribution in [3.63, 3.8) is 0 Å². The quantitative estimate of drug-likeness (QED) is 0.433. The van der Waals surface area contributed by atoms with Crippen LogP contribution in [0.5, 0.6) is 11.5 Å². The van der Waals surface area contributed by atoms with Gasteiger partial charge in [0.15, 0.2) is 11.5 Å². The summed E-state index contributed by atoms with van der Waals surface area (Å²) in [5.74, 6) is -0.272. The highest BCUT2D eigenvalue weighted by Gasteiger charge is 2.33. The molecule has 9 nitrogen and oxygen atoms in total. The van der Waals surface area contributed by atoms with Gasteiger partial charge in [0, 0.05) is 28.7 Å². The number of nitrogens with zero attached hydrogens (tertiary/aromatic N) is 2. The third kappa shape index (κ3) is 7.00. The summed E-state index contributed by atoms with van der Waals surface area (Å²) >= 11 is 12.4.